The Morgan fingerprint density at radius 1 is 0.534 bits per heavy atom. The van der Waals surface area contributed by atoms with Gasteiger partial charge in [0.1, 0.15) is 12.0 Å². The van der Waals surface area contributed by atoms with E-state index in [-0.39, 0.29) is 31.6 Å². The third-order valence-corrected chi connectivity index (χ3v) is 11.2. The first-order valence-corrected chi connectivity index (χ1v) is 24.2. The Labute approximate surface area is 354 Å². The molecular formula is C49H86N2O7. The van der Waals surface area contributed by atoms with Crippen LogP contribution in [0.3, 0.4) is 0 Å². The van der Waals surface area contributed by atoms with Crippen molar-refractivity contribution < 1.29 is 38.3 Å². The lowest BCUT2D eigenvalue weighted by Gasteiger charge is -2.17. The van der Waals surface area contributed by atoms with E-state index < -0.39 is 29.9 Å². The predicted octanol–water partition coefficient (Wildman–Crippen LogP) is 11.2. The SMILES string of the molecule is CCCCCCCCCCCCCCCCCCOC(=O)CCC(NC(=O)c1cc[n+](CC(=O)[O-])cc1)C(=O)OCCCCCCCCCCCCCCCCCC. The Hall–Kier alpha value is -2.97. The number of pyridine rings is 1. The zero-order valence-corrected chi connectivity index (χ0v) is 37.4. The van der Waals surface area contributed by atoms with Gasteiger partial charge in [-0.25, -0.2) is 4.79 Å². The number of aromatic nitrogens is 1. The van der Waals surface area contributed by atoms with Gasteiger partial charge >= 0.3 is 11.9 Å². The van der Waals surface area contributed by atoms with Gasteiger partial charge in [0, 0.05) is 18.6 Å². The Morgan fingerprint density at radius 3 is 1.24 bits per heavy atom. The van der Waals surface area contributed by atoms with Crippen LogP contribution >= 0.6 is 0 Å². The van der Waals surface area contributed by atoms with Gasteiger partial charge in [-0.1, -0.05) is 206 Å². The molecule has 1 amide bonds. The highest BCUT2D eigenvalue weighted by Gasteiger charge is 2.25. The molecule has 0 aliphatic carbocycles. The molecule has 0 saturated heterocycles. The molecule has 58 heavy (non-hydrogen) atoms. The molecule has 1 rings (SSSR count). The maximum absolute atomic E-state index is 13.1. The zero-order chi connectivity index (χ0) is 42.2. The van der Waals surface area contributed by atoms with Crippen molar-refractivity contribution in [2.75, 3.05) is 13.2 Å². The van der Waals surface area contributed by atoms with Gasteiger partial charge in [-0.05, 0) is 19.3 Å². The molecule has 1 aromatic heterocycles. The fourth-order valence-electron chi connectivity index (χ4n) is 7.45. The van der Waals surface area contributed by atoms with E-state index in [1.165, 1.54) is 196 Å². The number of carbonyl (C=O) groups excluding carboxylic acids is 4. The number of ether oxygens (including phenoxy) is 2. The number of nitrogens with zero attached hydrogens (tertiary/aromatic N) is 1. The Bertz CT molecular complexity index is 1140. The number of rotatable bonds is 42. The lowest BCUT2D eigenvalue weighted by Crippen LogP contribution is -2.44. The minimum Gasteiger partial charge on any atom is -0.544 e. The third-order valence-electron chi connectivity index (χ3n) is 11.2. The van der Waals surface area contributed by atoms with Gasteiger partial charge in [0.2, 0.25) is 0 Å². The molecular weight excluding hydrogens is 729 g/mol. The fraction of sp³-hybridized carbons (Fsp3) is 0.816. The summed E-state index contributed by atoms with van der Waals surface area (Å²) in [5.74, 6) is -2.71. The Kier molecular flexibility index (Phi) is 36.1. The highest BCUT2D eigenvalue weighted by atomic mass is 16.5. The number of hydrogen-bond acceptors (Lipinski definition) is 7. The summed E-state index contributed by atoms with van der Waals surface area (Å²) in [6.45, 7) is 4.82. The van der Waals surface area contributed by atoms with Crippen molar-refractivity contribution in [2.45, 2.75) is 245 Å². The second-order valence-electron chi connectivity index (χ2n) is 16.7. The minimum atomic E-state index is -1.24. The van der Waals surface area contributed by atoms with E-state index in [2.05, 4.69) is 19.2 Å². The van der Waals surface area contributed by atoms with Crippen LogP contribution < -0.4 is 15.0 Å². The van der Waals surface area contributed by atoms with Crippen molar-refractivity contribution in [2.24, 2.45) is 0 Å². The summed E-state index contributed by atoms with van der Waals surface area (Å²) < 4.78 is 12.4. The lowest BCUT2D eigenvalue weighted by molar-refractivity contribution is -0.690. The van der Waals surface area contributed by atoms with Crippen LogP contribution in [-0.4, -0.2) is 43.1 Å². The molecule has 0 aliphatic rings. The molecule has 9 heteroatoms. The van der Waals surface area contributed by atoms with Crippen LogP contribution in [0.1, 0.15) is 243 Å². The van der Waals surface area contributed by atoms with Crippen molar-refractivity contribution in [3.05, 3.63) is 30.1 Å². The number of aliphatic carboxylic acids is 1. The van der Waals surface area contributed by atoms with Crippen molar-refractivity contribution in [1.29, 1.82) is 0 Å². The fourth-order valence-corrected chi connectivity index (χ4v) is 7.45. The lowest BCUT2D eigenvalue weighted by atomic mass is 10.0. The number of carbonyl (C=O) groups is 4. The van der Waals surface area contributed by atoms with E-state index in [0.717, 1.165) is 38.5 Å². The summed E-state index contributed by atoms with van der Waals surface area (Å²) in [7, 11) is 0. The predicted molar refractivity (Wildman–Crippen MR) is 233 cm³/mol. The monoisotopic (exact) mass is 815 g/mol. The molecule has 0 aromatic carbocycles. The molecule has 334 valence electrons. The molecule has 9 nitrogen and oxygen atoms in total. The molecule has 0 saturated carbocycles. The number of esters is 2. The molecule has 0 radical (unpaired) electrons. The topological polar surface area (TPSA) is 126 Å². The number of nitrogens with one attached hydrogen (secondary N) is 1. The molecule has 0 spiro atoms. The quantitative estimate of drug-likeness (QED) is 0.0396. The molecule has 1 N–H and O–H groups in total. The normalized spacial score (nSPS) is 11.7. The first-order chi connectivity index (χ1) is 28.4. The van der Waals surface area contributed by atoms with E-state index in [1.54, 1.807) is 0 Å². The summed E-state index contributed by atoms with van der Waals surface area (Å²) in [4.78, 5) is 49.7. The summed E-state index contributed by atoms with van der Waals surface area (Å²) in [6, 6.07) is 1.94. The summed E-state index contributed by atoms with van der Waals surface area (Å²) in [6.07, 6.45) is 43.6. The standard InChI is InChI=1S/C49H86N2O7/c1-3-5-7-9-11-13-15-17-19-21-23-25-27-29-31-33-41-57-47(54)36-35-45(50-48(55)44-37-39-51(40-38-44)43-46(52)53)49(56)58-42-34-32-30-28-26-24-22-20-18-16-14-12-10-8-6-4-2/h37-40,45H,3-36,41-43H2,1-2H3,(H-,50,52,53,55). The number of carboxylic acids is 1. The van der Waals surface area contributed by atoms with E-state index in [0.29, 0.717) is 6.61 Å². The van der Waals surface area contributed by atoms with Gasteiger partial charge in [0.05, 0.1) is 18.8 Å². The smallest absolute Gasteiger partial charge is 0.328 e. The van der Waals surface area contributed by atoms with Crippen LogP contribution in [0.15, 0.2) is 24.5 Å². The second-order valence-corrected chi connectivity index (χ2v) is 16.7. The maximum Gasteiger partial charge on any atom is 0.328 e. The minimum absolute atomic E-state index is 0.0155. The Balaban J connectivity index is 2.29. The van der Waals surface area contributed by atoms with Gasteiger partial charge in [-0.2, -0.15) is 4.57 Å². The van der Waals surface area contributed by atoms with E-state index in [1.807, 2.05) is 0 Å². The van der Waals surface area contributed by atoms with Crippen molar-refractivity contribution in [1.82, 2.24) is 5.32 Å². The van der Waals surface area contributed by atoms with Crippen LogP contribution in [0, 0.1) is 0 Å². The number of unbranched alkanes of at least 4 members (excludes halogenated alkanes) is 30. The second kappa shape index (κ2) is 39.5. The van der Waals surface area contributed by atoms with Crippen molar-refractivity contribution in [3.63, 3.8) is 0 Å². The zero-order valence-electron chi connectivity index (χ0n) is 37.4. The van der Waals surface area contributed by atoms with Gasteiger partial charge in [0.25, 0.3) is 5.91 Å². The van der Waals surface area contributed by atoms with Crippen LogP contribution in [0.25, 0.3) is 0 Å². The summed E-state index contributed by atoms with van der Waals surface area (Å²) in [5.41, 5.74) is 0.260. The van der Waals surface area contributed by atoms with Gasteiger partial charge < -0.3 is 24.7 Å². The average Bonchev–Trinajstić information content (AvgIpc) is 3.21. The van der Waals surface area contributed by atoms with Gasteiger partial charge in [0.15, 0.2) is 18.9 Å². The molecule has 1 atom stereocenters. The van der Waals surface area contributed by atoms with Gasteiger partial charge in [-0.15, -0.1) is 0 Å². The van der Waals surface area contributed by atoms with Crippen LogP contribution in [0.4, 0.5) is 0 Å². The largest absolute Gasteiger partial charge is 0.544 e. The first-order valence-electron chi connectivity index (χ1n) is 24.2. The van der Waals surface area contributed by atoms with Crippen LogP contribution in [0.5, 0.6) is 0 Å². The molecule has 0 bridgehead atoms. The molecule has 1 unspecified atom stereocenters. The van der Waals surface area contributed by atoms with Gasteiger partial charge in [-0.3, -0.25) is 9.59 Å². The highest BCUT2D eigenvalue weighted by Crippen LogP contribution is 2.16. The van der Waals surface area contributed by atoms with E-state index in [4.69, 9.17) is 9.47 Å². The van der Waals surface area contributed by atoms with Crippen molar-refractivity contribution >= 4 is 23.8 Å². The van der Waals surface area contributed by atoms with E-state index >= 15 is 0 Å². The number of carboxylic acid groups (broad SMARTS) is 1. The molecule has 0 fully saturated rings. The molecule has 0 aliphatic heterocycles. The Morgan fingerprint density at radius 2 is 0.879 bits per heavy atom. The first kappa shape index (κ1) is 53.0. The number of amides is 1. The van der Waals surface area contributed by atoms with Crippen LogP contribution in [-0.2, 0) is 30.4 Å². The summed E-state index contributed by atoms with van der Waals surface area (Å²) >= 11 is 0. The summed E-state index contributed by atoms with van der Waals surface area (Å²) in [5, 5.41) is 13.6. The molecule has 1 aromatic rings. The van der Waals surface area contributed by atoms with E-state index in [9.17, 15) is 24.3 Å². The highest BCUT2D eigenvalue weighted by molar-refractivity contribution is 5.96. The average molecular weight is 815 g/mol. The maximum atomic E-state index is 13.1. The third kappa shape index (κ3) is 32.9. The van der Waals surface area contributed by atoms with Crippen molar-refractivity contribution in [3.8, 4) is 0 Å². The number of hydrogen-bond donors (Lipinski definition) is 1. The molecule has 1 heterocycles. The van der Waals surface area contributed by atoms with Crippen LogP contribution in [0.2, 0.25) is 0 Å².